The molecular formula is C29H43N5O4. The van der Waals surface area contributed by atoms with Gasteiger partial charge in [-0.05, 0) is 38.0 Å². The zero-order valence-electron chi connectivity index (χ0n) is 23.5. The van der Waals surface area contributed by atoms with Crippen molar-refractivity contribution in [3.8, 4) is 0 Å². The average Bonchev–Trinajstić information content (AvgIpc) is 3.65. The monoisotopic (exact) mass is 525 g/mol. The van der Waals surface area contributed by atoms with Gasteiger partial charge in [0.15, 0.2) is 5.78 Å². The molecule has 9 heteroatoms. The number of Topliss-reactive ketones (excluding diaryl/α,β-unsaturated/α-hetero) is 1. The Labute approximate surface area is 226 Å². The summed E-state index contributed by atoms with van der Waals surface area (Å²) < 4.78 is 0. The van der Waals surface area contributed by atoms with Crippen LogP contribution in [-0.4, -0.2) is 99.5 Å². The van der Waals surface area contributed by atoms with Crippen LogP contribution in [0.2, 0.25) is 0 Å². The van der Waals surface area contributed by atoms with Gasteiger partial charge >= 0.3 is 0 Å². The number of ketones is 1. The highest BCUT2D eigenvalue weighted by atomic mass is 16.2. The minimum atomic E-state index is -0.319. The van der Waals surface area contributed by atoms with Gasteiger partial charge in [0.05, 0.1) is 36.6 Å². The molecule has 5 rings (SSSR count). The molecule has 38 heavy (non-hydrogen) atoms. The van der Waals surface area contributed by atoms with E-state index in [-0.39, 0.29) is 66.1 Å². The number of nitrogens with zero attached hydrogens (tertiary/aromatic N) is 4. The molecule has 5 heterocycles. The number of carbonyl (C=O) groups is 4. The molecule has 0 aromatic heterocycles. The van der Waals surface area contributed by atoms with Gasteiger partial charge in [-0.2, -0.15) is 0 Å². The molecule has 0 aromatic carbocycles. The molecule has 5 aliphatic heterocycles. The molecule has 0 aromatic rings. The van der Waals surface area contributed by atoms with Crippen LogP contribution in [0.15, 0.2) is 23.5 Å². The molecule has 0 unspecified atom stereocenters. The minimum absolute atomic E-state index is 0.00408. The number of carbonyl (C=O) groups excluding carboxylic acids is 4. The fraction of sp³-hybridized carbons (Fsp3) is 0.724. The van der Waals surface area contributed by atoms with Gasteiger partial charge in [-0.1, -0.05) is 34.1 Å². The highest BCUT2D eigenvalue weighted by molar-refractivity contribution is 6.07. The normalized spacial score (nSPS) is 32.7. The standard InChI is InChI=1S/C29H43N5O4/c1-6-18(4)29-25(35)14-28(38)34(29)21-8-9-31(16-21)23-13-27(37)33(19(23)5)20-7-10-32(15-20)24-12-26(36)30-22(24)11-17(2)3/h12-13,17-22,29H,6-11,14-16H2,1-5H3,(H,30,36)/t18-,19-,20-,21-,22-,29-/m0/s1. The van der Waals surface area contributed by atoms with E-state index < -0.39 is 0 Å². The van der Waals surface area contributed by atoms with Crippen molar-refractivity contribution < 1.29 is 19.2 Å². The Hall–Kier alpha value is -2.84. The number of nitrogens with one attached hydrogen (secondary N) is 1. The van der Waals surface area contributed by atoms with Gasteiger partial charge < -0.3 is 24.9 Å². The Kier molecular flexibility index (Phi) is 7.31. The molecule has 3 amide bonds. The topological polar surface area (TPSA) is 93.3 Å². The van der Waals surface area contributed by atoms with Crippen LogP contribution in [0, 0.1) is 11.8 Å². The Balaban J connectivity index is 1.23. The Morgan fingerprint density at radius 1 is 0.921 bits per heavy atom. The molecule has 0 saturated carbocycles. The van der Waals surface area contributed by atoms with Crippen molar-refractivity contribution in [2.45, 2.75) is 96.9 Å². The lowest BCUT2D eigenvalue weighted by Gasteiger charge is -2.35. The summed E-state index contributed by atoms with van der Waals surface area (Å²) in [4.78, 5) is 59.2. The SMILES string of the molecule is CC[C@H](C)[C@H]1C(=O)CC(=O)N1[C@H]1CCN(C2=CC(=O)N([C@H]3CCN(C4=CC(=O)N[C@H]4CC(C)C)C3)[C@H]2C)C1. The summed E-state index contributed by atoms with van der Waals surface area (Å²) in [5.74, 6) is 0.645. The first kappa shape index (κ1) is 26.8. The molecular weight excluding hydrogens is 482 g/mol. The van der Waals surface area contributed by atoms with E-state index in [0.29, 0.717) is 12.5 Å². The third kappa shape index (κ3) is 4.73. The summed E-state index contributed by atoms with van der Waals surface area (Å²) >= 11 is 0. The molecule has 0 aliphatic carbocycles. The molecule has 3 saturated heterocycles. The van der Waals surface area contributed by atoms with Crippen molar-refractivity contribution in [1.29, 1.82) is 0 Å². The Morgan fingerprint density at radius 3 is 2.18 bits per heavy atom. The summed E-state index contributed by atoms with van der Waals surface area (Å²) in [6.45, 7) is 13.6. The predicted molar refractivity (Wildman–Crippen MR) is 144 cm³/mol. The smallest absolute Gasteiger partial charge is 0.249 e. The van der Waals surface area contributed by atoms with E-state index in [2.05, 4.69) is 49.7 Å². The van der Waals surface area contributed by atoms with E-state index in [1.54, 1.807) is 12.2 Å². The maximum atomic E-state index is 13.3. The van der Waals surface area contributed by atoms with Gasteiger partial charge in [-0.25, -0.2) is 0 Å². The summed E-state index contributed by atoms with van der Waals surface area (Å²) in [5.41, 5.74) is 2.07. The van der Waals surface area contributed by atoms with E-state index >= 15 is 0 Å². The van der Waals surface area contributed by atoms with Crippen LogP contribution in [-0.2, 0) is 19.2 Å². The molecule has 208 valence electrons. The van der Waals surface area contributed by atoms with Gasteiger partial charge in [0.2, 0.25) is 17.7 Å². The third-order valence-corrected chi connectivity index (χ3v) is 9.30. The predicted octanol–water partition coefficient (Wildman–Crippen LogP) is 1.89. The van der Waals surface area contributed by atoms with Crippen LogP contribution >= 0.6 is 0 Å². The fourth-order valence-corrected chi connectivity index (χ4v) is 7.30. The zero-order chi connectivity index (χ0) is 27.3. The van der Waals surface area contributed by atoms with E-state index in [1.807, 2.05) is 9.80 Å². The molecule has 1 N–H and O–H groups in total. The quantitative estimate of drug-likeness (QED) is 0.487. The van der Waals surface area contributed by atoms with Crippen molar-refractivity contribution in [3.05, 3.63) is 23.5 Å². The van der Waals surface area contributed by atoms with Crippen LogP contribution in [0.25, 0.3) is 0 Å². The molecule has 3 fully saturated rings. The van der Waals surface area contributed by atoms with Crippen molar-refractivity contribution in [3.63, 3.8) is 0 Å². The van der Waals surface area contributed by atoms with Crippen molar-refractivity contribution >= 4 is 23.5 Å². The second-order valence-electron chi connectivity index (χ2n) is 12.3. The van der Waals surface area contributed by atoms with Crippen LogP contribution in [0.3, 0.4) is 0 Å². The fourth-order valence-electron chi connectivity index (χ4n) is 7.30. The molecule has 0 radical (unpaired) electrons. The van der Waals surface area contributed by atoms with Gasteiger partial charge in [-0.15, -0.1) is 0 Å². The zero-order valence-corrected chi connectivity index (χ0v) is 23.5. The van der Waals surface area contributed by atoms with Crippen LogP contribution in [0.1, 0.15) is 66.7 Å². The van der Waals surface area contributed by atoms with E-state index in [9.17, 15) is 19.2 Å². The lowest BCUT2D eigenvalue weighted by Crippen LogP contribution is -2.48. The highest BCUT2D eigenvalue weighted by Gasteiger charge is 2.48. The van der Waals surface area contributed by atoms with Crippen molar-refractivity contribution in [2.75, 3.05) is 26.2 Å². The number of likely N-dealkylation sites (tertiary alicyclic amines) is 3. The first-order valence-electron chi connectivity index (χ1n) is 14.5. The van der Waals surface area contributed by atoms with Crippen molar-refractivity contribution in [2.24, 2.45) is 11.8 Å². The summed E-state index contributed by atoms with van der Waals surface area (Å²) in [6, 6.07) is -0.224. The first-order valence-corrected chi connectivity index (χ1v) is 14.5. The molecule has 5 aliphatic rings. The van der Waals surface area contributed by atoms with Gasteiger partial charge in [0, 0.05) is 49.7 Å². The average molecular weight is 526 g/mol. The number of amides is 3. The maximum absolute atomic E-state index is 13.3. The van der Waals surface area contributed by atoms with E-state index in [4.69, 9.17) is 0 Å². The molecule has 0 spiro atoms. The number of hydrogen-bond donors (Lipinski definition) is 1. The van der Waals surface area contributed by atoms with Crippen LogP contribution in [0.5, 0.6) is 0 Å². The third-order valence-electron chi connectivity index (χ3n) is 9.30. The molecule has 6 atom stereocenters. The first-order chi connectivity index (χ1) is 18.1. The van der Waals surface area contributed by atoms with E-state index in [1.165, 1.54) is 0 Å². The van der Waals surface area contributed by atoms with Crippen LogP contribution < -0.4 is 5.32 Å². The minimum Gasteiger partial charge on any atom is -0.371 e. The number of hydrogen-bond acceptors (Lipinski definition) is 6. The van der Waals surface area contributed by atoms with Gasteiger partial charge in [0.1, 0.15) is 0 Å². The van der Waals surface area contributed by atoms with Crippen molar-refractivity contribution in [1.82, 2.24) is 24.9 Å². The lowest BCUT2D eigenvalue weighted by atomic mass is 9.95. The Morgan fingerprint density at radius 2 is 1.55 bits per heavy atom. The Bertz CT molecular complexity index is 1070. The van der Waals surface area contributed by atoms with Gasteiger partial charge in [-0.3, -0.25) is 19.2 Å². The molecule has 0 bridgehead atoms. The summed E-state index contributed by atoms with van der Waals surface area (Å²) in [7, 11) is 0. The second kappa shape index (κ2) is 10.4. The largest absolute Gasteiger partial charge is 0.371 e. The maximum Gasteiger partial charge on any atom is 0.249 e. The highest BCUT2D eigenvalue weighted by Crippen LogP contribution is 2.35. The van der Waals surface area contributed by atoms with E-state index in [0.717, 1.165) is 56.7 Å². The molecule has 9 nitrogen and oxygen atoms in total. The van der Waals surface area contributed by atoms with Crippen LogP contribution in [0.4, 0.5) is 0 Å². The second-order valence-corrected chi connectivity index (χ2v) is 12.3. The summed E-state index contributed by atoms with van der Waals surface area (Å²) in [6.07, 6.45) is 6.98. The lowest BCUT2D eigenvalue weighted by molar-refractivity contribution is -0.132. The van der Waals surface area contributed by atoms with Gasteiger partial charge in [0.25, 0.3) is 0 Å². The number of rotatable bonds is 8. The summed E-state index contributed by atoms with van der Waals surface area (Å²) in [5, 5.41) is 3.09.